The first-order valence-electron chi connectivity index (χ1n) is 5.48. The predicted octanol–water partition coefficient (Wildman–Crippen LogP) is 1.86. The number of ether oxygens (including phenoxy) is 1. The molecule has 0 aromatic heterocycles. The summed E-state index contributed by atoms with van der Waals surface area (Å²) in [4.78, 5) is 0. The zero-order valence-electron chi connectivity index (χ0n) is 10.1. The monoisotopic (exact) mass is 275 g/mol. The van der Waals surface area contributed by atoms with Crippen molar-refractivity contribution < 1.29 is 23.0 Å². The second-order valence-corrected chi connectivity index (χ2v) is 5.24. The van der Waals surface area contributed by atoms with Gasteiger partial charge in [-0.2, -0.15) is 13.2 Å². The molecule has 1 unspecified atom stereocenters. The quantitative estimate of drug-likeness (QED) is 0.630. The summed E-state index contributed by atoms with van der Waals surface area (Å²) in [7, 11) is 0. The smallest absolute Gasteiger partial charge is 0.389 e. The number of hydrogen-bond acceptors (Lipinski definition) is 4. The zero-order chi connectivity index (χ0) is 13.3. The molecule has 0 heterocycles. The van der Waals surface area contributed by atoms with Gasteiger partial charge in [-0.1, -0.05) is 13.8 Å². The van der Waals surface area contributed by atoms with E-state index in [1.807, 2.05) is 13.8 Å². The number of nitrogens with one attached hydrogen (secondary N) is 1. The summed E-state index contributed by atoms with van der Waals surface area (Å²) < 4.78 is 40.4. The molecular weight excluding hydrogens is 255 g/mol. The molecule has 0 bridgehead atoms. The van der Waals surface area contributed by atoms with Crippen LogP contribution in [-0.2, 0) is 4.74 Å². The van der Waals surface area contributed by atoms with Crippen molar-refractivity contribution in [1.82, 2.24) is 5.32 Å². The molecule has 0 aliphatic carbocycles. The van der Waals surface area contributed by atoms with Gasteiger partial charge in [0.1, 0.15) is 0 Å². The van der Waals surface area contributed by atoms with Crippen molar-refractivity contribution in [2.24, 2.45) is 5.92 Å². The largest absolute Gasteiger partial charge is 0.441 e. The molecule has 0 saturated heterocycles. The molecule has 0 saturated carbocycles. The molecule has 104 valence electrons. The number of rotatable bonds is 9. The normalized spacial score (nSPS) is 14.3. The number of thioether (sulfide) groups is 1. The van der Waals surface area contributed by atoms with E-state index in [4.69, 9.17) is 4.74 Å². The molecule has 0 aliphatic rings. The Morgan fingerprint density at radius 3 is 2.47 bits per heavy atom. The first kappa shape index (κ1) is 17.0. The predicted molar refractivity (Wildman–Crippen MR) is 63.0 cm³/mol. The third kappa shape index (κ3) is 14.0. The van der Waals surface area contributed by atoms with Crippen LogP contribution in [0.5, 0.6) is 0 Å². The van der Waals surface area contributed by atoms with E-state index >= 15 is 0 Å². The Hall–Kier alpha value is 0.0200. The molecule has 0 spiro atoms. The SMILES string of the molecule is CC(C)COCC(O)CNCCSC(F)(F)F. The fraction of sp³-hybridized carbons (Fsp3) is 1.00. The molecule has 3 nitrogen and oxygen atoms in total. The van der Waals surface area contributed by atoms with Crippen LogP contribution in [-0.4, -0.2) is 48.8 Å². The Bertz CT molecular complexity index is 191. The number of alkyl halides is 3. The van der Waals surface area contributed by atoms with Gasteiger partial charge in [0.25, 0.3) is 0 Å². The van der Waals surface area contributed by atoms with Crippen molar-refractivity contribution in [1.29, 1.82) is 0 Å². The van der Waals surface area contributed by atoms with Gasteiger partial charge in [0.15, 0.2) is 0 Å². The van der Waals surface area contributed by atoms with Crippen LogP contribution in [0.4, 0.5) is 13.2 Å². The molecule has 0 radical (unpaired) electrons. The van der Waals surface area contributed by atoms with Crippen molar-refractivity contribution >= 4 is 11.8 Å². The topological polar surface area (TPSA) is 41.5 Å². The van der Waals surface area contributed by atoms with Gasteiger partial charge in [-0.15, -0.1) is 0 Å². The van der Waals surface area contributed by atoms with Gasteiger partial charge in [0, 0.05) is 25.4 Å². The lowest BCUT2D eigenvalue weighted by molar-refractivity contribution is -0.0327. The average Bonchev–Trinajstić information content (AvgIpc) is 2.14. The minimum atomic E-state index is -4.18. The van der Waals surface area contributed by atoms with Crippen molar-refractivity contribution in [2.45, 2.75) is 25.5 Å². The lowest BCUT2D eigenvalue weighted by Crippen LogP contribution is -2.32. The van der Waals surface area contributed by atoms with Gasteiger partial charge in [-0.05, 0) is 17.7 Å². The van der Waals surface area contributed by atoms with Crippen LogP contribution in [0.2, 0.25) is 0 Å². The van der Waals surface area contributed by atoms with E-state index < -0.39 is 11.6 Å². The zero-order valence-corrected chi connectivity index (χ0v) is 10.9. The molecule has 0 amide bonds. The Morgan fingerprint density at radius 2 is 1.94 bits per heavy atom. The molecule has 0 aromatic carbocycles. The van der Waals surface area contributed by atoms with Crippen molar-refractivity contribution in [2.75, 3.05) is 32.1 Å². The third-order valence-corrected chi connectivity index (χ3v) is 2.42. The van der Waals surface area contributed by atoms with Gasteiger partial charge >= 0.3 is 5.51 Å². The Labute approximate surface area is 104 Å². The van der Waals surface area contributed by atoms with E-state index in [1.165, 1.54) is 0 Å². The maximum Gasteiger partial charge on any atom is 0.441 e. The molecule has 1 atom stereocenters. The Balaban J connectivity index is 3.30. The lowest BCUT2D eigenvalue weighted by atomic mass is 10.2. The molecule has 7 heteroatoms. The highest BCUT2D eigenvalue weighted by Crippen LogP contribution is 2.29. The highest BCUT2D eigenvalue weighted by atomic mass is 32.2. The van der Waals surface area contributed by atoms with Crippen LogP contribution in [0.15, 0.2) is 0 Å². The van der Waals surface area contributed by atoms with Crippen LogP contribution < -0.4 is 5.32 Å². The summed E-state index contributed by atoms with van der Waals surface area (Å²) >= 11 is -0.0684. The highest BCUT2D eigenvalue weighted by Gasteiger charge is 2.27. The van der Waals surface area contributed by atoms with Crippen LogP contribution in [0.1, 0.15) is 13.8 Å². The van der Waals surface area contributed by atoms with Gasteiger partial charge < -0.3 is 15.2 Å². The highest BCUT2D eigenvalue weighted by molar-refractivity contribution is 8.00. The summed E-state index contributed by atoms with van der Waals surface area (Å²) in [5.74, 6) is 0.349. The summed E-state index contributed by atoms with van der Waals surface area (Å²) in [6.45, 7) is 5.23. The standard InChI is InChI=1S/C10H20F3NO2S/c1-8(2)6-16-7-9(15)5-14-3-4-17-10(11,12)13/h8-9,14-15H,3-7H2,1-2H3. The van der Waals surface area contributed by atoms with E-state index in [9.17, 15) is 18.3 Å². The fourth-order valence-corrected chi connectivity index (χ4v) is 1.48. The Morgan fingerprint density at radius 1 is 1.29 bits per heavy atom. The fourth-order valence-electron chi connectivity index (χ4n) is 1.01. The third-order valence-electron chi connectivity index (χ3n) is 1.69. The molecule has 2 N–H and O–H groups in total. The summed E-state index contributed by atoms with van der Waals surface area (Å²) in [6, 6.07) is 0. The summed E-state index contributed by atoms with van der Waals surface area (Å²) in [5.41, 5.74) is -4.18. The van der Waals surface area contributed by atoms with Crippen LogP contribution in [0, 0.1) is 5.92 Å². The first-order chi connectivity index (χ1) is 7.81. The van der Waals surface area contributed by atoms with Crippen LogP contribution >= 0.6 is 11.8 Å². The van der Waals surface area contributed by atoms with E-state index in [1.54, 1.807) is 0 Å². The molecular formula is C10H20F3NO2S. The maximum absolute atomic E-state index is 11.7. The molecule has 0 rings (SSSR count). The summed E-state index contributed by atoms with van der Waals surface area (Å²) in [6.07, 6.45) is -0.676. The molecule has 0 aliphatic heterocycles. The van der Waals surface area contributed by atoms with Gasteiger partial charge in [-0.3, -0.25) is 0 Å². The summed E-state index contributed by atoms with van der Waals surface area (Å²) in [5, 5.41) is 12.1. The lowest BCUT2D eigenvalue weighted by Gasteiger charge is -2.13. The van der Waals surface area contributed by atoms with Gasteiger partial charge in [0.2, 0.25) is 0 Å². The second-order valence-electron chi connectivity index (χ2n) is 4.08. The van der Waals surface area contributed by atoms with Crippen molar-refractivity contribution in [3.8, 4) is 0 Å². The van der Waals surface area contributed by atoms with Crippen molar-refractivity contribution in [3.05, 3.63) is 0 Å². The number of hydrogen-bond donors (Lipinski definition) is 2. The van der Waals surface area contributed by atoms with Gasteiger partial charge in [0.05, 0.1) is 12.7 Å². The van der Waals surface area contributed by atoms with E-state index in [-0.39, 0.29) is 37.2 Å². The number of aliphatic hydroxyl groups excluding tert-OH is 1. The molecule has 0 aromatic rings. The molecule has 0 fully saturated rings. The van der Waals surface area contributed by atoms with E-state index in [0.29, 0.717) is 12.5 Å². The first-order valence-corrected chi connectivity index (χ1v) is 6.47. The Kier molecular flexibility index (Phi) is 9.03. The van der Waals surface area contributed by atoms with E-state index in [2.05, 4.69) is 5.32 Å². The second kappa shape index (κ2) is 9.02. The minimum Gasteiger partial charge on any atom is -0.389 e. The average molecular weight is 275 g/mol. The number of halogens is 3. The van der Waals surface area contributed by atoms with Crippen LogP contribution in [0.25, 0.3) is 0 Å². The minimum absolute atomic E-state index is 0.0525. The van der Waals surface area contributed by atoms with E-state index in [0.717, 1.165) is 0 Å². The maximum atomic E-state index is 11.7. The van der Waals surface area contributed by atoms with Crippen LogP contribution in [0.3, 0.4) is 0 Å². The van der Waals surface area contributed by atoms with Gasteiger partial charge in [-0.25, -0.2) is 0 Å². The molecule has 17 heavy (non-hydrogen) atoms. The van der Waals surface area contributed by atoms with Crippen molar-refractivity contribution in [3.63, 3.8) is 0 Å². The number of aliphatic hydroxyl groups is 1.